The average Bonchev–Trinajstić information content (AvgIpc) is 3.41. The van der Waals surface area contributed by atoms with Gasteiger partial charge in [0.15, 0.2) is 5.13 Å². The number of fused-ring (bicyclic) bond motifs is 1. The smallest absolute Gasteiger partial charge is 0.301 e. The second-order valence-electron chi connectivity index (χ2n) is 8.72. The Kier molecular flexibility index (Phi) is 6.62. The first kappa shape index (κ1) is 24.8. The van der Waals surface area contributed by atoms with Gasteiger partial charge in [0.1, 0.15) is 11.5 Å². The van der Waals surface area contributed by atoms with E-state index in [2.05, 4.69) is 4.98 Å². The van der Waals surface area contributed by atoms with E-state index in [4.69, 9.17) is 16.3 Å². The number of aliphatic hydroxyl groups is 1. The first-order chi connectivity index (χ1) is 17.8. The van der Waals surface area contributed by atoms with E-state index in [0.29, 0.717) is 39.2 Å². The number of Topliss-reactive ketones (excluding diaryl/α,β-unsaturated/α-hetero) is 1. The van der Waals surface area contributed by atoms with Crippen molar-refractivity contribution in [3.8, 4) is 5.75 Å². The summed E-state index contributed by atoms with van der Waals surface area (Å²) in [6, 6.07) is 18.7. The van der Waals surface area contributed by atoms with Crippen molar-refractivity contribution in [2.75, 3.05) is 30.5 Å². The zero-order chi connectivity index (χ0) is 26.3. The normalized spacial score (nSPS) is 17.0. The minimum atomic E-state index is -0.872. The van der Waals surface area contributed by atoms with Crippen molar-refractivity contribution in [1.29, 1.82) is 0 Å². The summed E-state index contributed by atoms with van der Waals surface area (Å²) < 4.78 is 6.36. The molecule has 7 nitrogen and oxygen atoms in total. The zero-order valence-electron chi connectivity index (χ0n) is 20.4. The molecule has 3 aromatic carbocycles. The summed E-state index contributed by atoms with van der Waals surface area (Å²) in [7, 11) is 3.86. The lowest BCUT2D eigenvalue weighted by Crippen LogP contribution is -2.29. The highest BCUT2D eigenvalue weighted by atomic mass is 35.5. The molecule has 1 fully saturated rings. The third-order valence-electron chi connectivity index (χ3n) is 6.13. The minimum Gasteiger partial charge on any atom is -0.507 e. The number of amides is 1. The number of thiazole rings is 1. The highest BCUT2D eigenvalue weighted by Gasteiger charge is 2.48. The van der Waals surface area contributed by atoms with E-state index in [1.165, 1.54) is 16.2 Å². The van der Waals surface area contributed by atoms with Crippen LogP contribution in [0.4, 0.5) is 10.8 Å². The van der Waals surface area contributed by atoms with Crippen LogP contribution in [0.25, 0.3) is 16.0 Å². The minimum absolute atomic E-state index is 0.00598. The van der Waals surface area contributed by atoms with Crippen LogP contribution in [0.1, 0.15) is 24.1 Å². The first-order valence-electron chi connectivity index (χ1n) is 11.7. The number of aromatic nitrogens is 1. The Morgan fingerprint density at radius 3 is 2.57 bits per heavy atom. The molecule has 1 saturated heterocycles. The van der Waals surface area contributed by atoms with E-state index in [1.54, 1.807) is 42.5 Å². The van der Waals surface area contributed by atoms with Crippen LogP contribution in [-0.4, -0.2) is 42.5 Å². The topological polar surface area (TPSA) is 83.0 Å². The standard InChI is InChI=1S/C28H24ClN3O4S/c1-4-36-20-7-5-6-17(14-20)25(33)23-24(16-8-11-19(12-9-16)31(2)3)32(27(35)26(23)34)28-30-21-13-10-18(29)15-22(21)37-28/h5-15,24,33H,4H2,1-3H3. The second kappa shape index (κ2) is 9.88. The van der Waals surface area contributed by atoms with Gasteiger partial charge in [0, 0.05) is 30.4 Å². The van der Waals surface area contributed by atoms with Gasteiger partial charge in [0.05, 0.1) is 28.4 Å². The Morgan fingerprint density at radius 2 is 1.86 bits per heavy atom. The molecule has 0 saturated carbocycles. The van der Waals surface area contributed by atoms with Gasteiger partial charge in [0.25, 0.3) is 5.78 Å². The maximum absolute atomic E-state index is 13.5. The fourth-order valence-corrected chi connectivity index (χ4v) is 5.61. The molecule has 37 heavy (non-hydrogen) atoms. The van der Waals surface area contributed by atoms with E-state index < -0.39 is 17.7 Å². The van der Waals surface area contributed by atoms with Gasteiger partial charge in [-0.1, -0.05) is 47.2 Å². The van der Waals surface area contributed by atoms with Crippen molar-refractivity contribution in [1.82, 2.24) is 4.98 Å². The fourth-order valence-electron chi connectivity index (χ4n) is 4.34. The number of ether oxygens (including phenoxy) is 1. The largest absolute Gasteiger partial charge is 0.507 e. The van der Waals surface area contributed by atoms with Crippen LogP contribution < -0.4 is 14.5 Å². The average molecular weight is 534 g/mol. The lowest BCUT2D eigenvalue weighted by Gasteiger charge is -2.23. The van der Waals surface area contributed by atoms with Crippen LogP contribution >= 0.6 is 22.9 Å². The molecule has 188 valence electrons. The molecule has 9 heteroatoms. The molecule has 1 atom stereocenters. The Labute approximate surface area is 223 Å². The van der Waals surface area contributed by atoms with Gasteiger partial charge >= 0.3 is 5.91 Å². The van der Waals surface area contributed by atoms with E-state index in [-0.39, 0.29) is 11.3 Å². The highest BCUT2D eigenvalue weighted by Crippen LogP contribution is 2.45. The Bertz CT molecular complexity index is 1540. The molecule has 2 heterocycles. The van der Waals surface area contributed by atoms with Crippen LogP contribution in [0.15, 0.2) is 72.3 Å². The summed E-state index contributed by atoms with van der Waals surface area (Å²) in [5.74, 6) is -1.25. The zero-order valence-corrected chi connectivity index (χ0v) is 22.0. The number of carbonyl (C=O) groups is 2. The number of rotatable bonds is 6. The van der Waals surface area contributed by atoms with Crippen molar-refractivity contribution in [3.05, 3.63) is 88.5 Å². The van der Waals surface area contributed by atoms with Crippen LogP contribution in [0.2, 0.25) is 5.02 Å². The van der Waals surface area contributed by atoms with Crippen molar-refractivity contribution < 1.29 is 19.4 Å². The molecule has 1 aliphatic heterocycles. The Morgan fingerprint density at radius 1 is 1.11 bits per heavy atom. The molecule has 1 aliphatic rings. The quantitative estimate of drug-likeness (QED) is 0.185. The molecule has 1 aromatic heterocycles. The second-order valence-corrected chi connectivity index (χ2v) is 10.2. The van der Waals surface area contributed by atoms with Gasteiger partial charge in [-0.3, -0.25) is 14.5 Å². The van der Waals surface area contributed by atoms with Gasteiger partial charge < -0.3 is 14.7 Å². The molecule has 0 aliphatic carbocycles. The lowest BCUT2D eigenvalue weighted by molar-refractivity contribution is -0.132. The molecule has 5 rings (SSSR count). The van der Waals surface area contributed by atoms with Gasteiger partial charge in [-0.05, 0) is 55.0 Å². The van der Waals surface area contributed by atoms with Crippen molar-refractivity contribution in [3.63, 3.8) is 0 Å². The predicted molar refractivity (Wildman–Crippen MR) is 148 cm³/mol. The third kappa shape index (κ3) is 4.54. The maximum atomic E-state index is 13.5. The first-order valence-corrected chi connectivity index (χ1v) is 12.9. The number of anilines is 2. The van der Waals surface area contributed by atoms with Crippen molar-refractivity contribution in [2.45, 2.75) is 13.0 Å². The summed E-state index contributed by atoms with van der Waals surface area (Å²) in [5, 5.41) is 12.3. The molecule has 1 amide bonds. The number of hydrogen-bond donors (Lipinski definition) is 1. The van der Waals surface area contributed by atoms with E-state index >= 15 is 0 Å². The number of ketones is 1. The van der Waals surface area contributed by atoms with Crippen molar-refractivity contribution in [2.24, 2.45) is 0 Å². The summed E-state index contributed by atoms with van der Waals surface area (Å²) in [4.78, 5) is 34.9. The number of benzene rings is 3. The monoisotopic (exact) mass is 533 g/mol. The molecule has 4 aromatic rings. The fraction of sp³-hybridized carbons (Fsp3) is 0.179. The molecule has 0 radical (unpaired) electrons. The van der Waals surface area contributed by atoms with Crippen LogP contribution in [-0.2, 0) is 9.59 Å². The van der Waals surface area contributed by atoms with Crippen LogP contribution in [0, 0.1) is 0 Å². The van der Waals surface area contributed by atoms with Crippen LogP contribution in [0.3, 0.4) is 0 Å². The Hall–Kier alpha value is -3.88. The van der Waals surface area contributed by atoms with E-state index in [1.807, 2.05) is 50.2 Å². The molecule has 1 N–H and O–H groups in total. The maximum Gasteiger partial charge on any atom is 0.301 e. The molecular formula is C28H24ClN3O4S. The number of carbonyl (C=O) groups excluding carboxylic acids is 2. The van der Waals surface area contributed by atoms with Gasteiger partial charge in [-0.25, -0.2) is 4.98 Å². The SMILES string of the molecule is CCOc1cccc(C(O)=C2C(=O)C(=O)N(c3nc4ccc(Cl)cc4s3)C2c2ccc(N(C)C)cc2)c1. The molecule has 0 spiro atoms. The van der Waals surface area contributed by atoms with Crippen molar-refractivity contribution >= 4 is 61.4 Å². The number of hydrogen-bond acceptors (Lipinski definition) is 7. The summed E-state index contributed by atoms with van der Waals surface area (Å²) in [5.41, 5.74) is 2.67. The molecule has 0 bridgehead atoms. The van der Waals surface area contributed by atoms with Gasteiger partial charge in [-0.2, -0.15) is 0 Å². The highest BCUT2D eigenvalue weighted by molar-refractivity contribution is 7.22. The number of aliphatic hydroxyl groups excluding tert-OH is 1. The number of halogens is 1. The van der Waals surface area contributed by atoms with Crippen LogP contribution in [0.5, 0.6) is 5.75 Å². The predicted octanol–water partition coefficient (Wildman–Crippen LogP) is 6.04. The number of nitrogens with zero attached hydrogens (tertiary/aromatic N) is 3. The van der Waals surface area contributed by atoms with Gasteiger partial charge in [0.2, 0.25) is 0 Å². The lowest BCUT2D eigenvalue weighted by atomic mass is 9.95. The summed E-state index contributed by atoms with van der Waals surface area (Å²) in [6.07, 6.45) is 0. The van der Waals surface area contributed by atoms with E-state index in [9.17, 15) is 14.7 Å². The Balaban J connectivity index is 1.70. The van der Waals surface area contributed by atoms with Gasteiger partial charge in [-0.15, -0.1) is 0 Å². The summed E-state index contributed by atoms with van der Waals surface area (Å²) in [6.45, 7) is 2.31. The van der Waals surface area contributed by atoms with E-state index in [0.717, 1.165) is 10.4 Å². The molecular weight excluding hydrogens is 510 g/mol. The third-order valence-corrected chi connectivity index (χ3v) is 7.39. The summed E-state index contributed by atoms with van der Waals surface area (Å²) >= 11 is 7.43. The molecule has 1 unspecified atom stereocenters.